The Morgan fingerprint density at radius 1 is 1.38 bits per heavy atom. The number of aryl methyl sites for hydroxylation is 1. The van der Waals surface area contributed by atoms with Crippen LogP contribution in [-0.4, -0.2) is 41.1 Å². The smallest absolute Gasteiger partial charge is 0.230 e. The van der Waals surface area contributed by atoms with Gasteiger partial charge >= 0.3 is 0 Å². The van der Waals surface area contributed by atoms with E-state index in [0.29, 0.717) is 0 Å². The SMILES string of the molecule is Cc1ccc(CN2CC3CC(C(=O)Nc4cccnc4)C(C2)O3)o1. The van der Waals surface area contributed by atoms with Crippen LogP contribution in [0.25, 0.3) is 0 Å². The number of fused-ring (bicyclic) bond motifs is 2. The molecule has 1 amide bonds. The highest BCUT2D eigenvalue weighted by molar-refractivity contribution is 5.93. The van der Waals surface area contributed by atoms with Crippen molar-refractivity contribution in [1.29, 1.82) is 0 Å². The largest absolute Gasteiger partial charge is 0.465 e. The molecule has 6 heteroatoms. The number of rotatable bonds is 4. The van der Waals surface area contributed by atoms with Gasteiger partial charge in [-0.15, -0.1) is 0 Å². The van der Waals surface area contributed by atoms with E-state index in [2.05, 4.69) is 15.2 Å². The topological polar surface area (TPSA) is 67.6 Å². The number of pyridine rings is 1. The summed E-state index contributed by atoms with van der Waals surface area (Å²) in [6, 6.07) is 7.65. The van der Waals surface area contributed by atoms with Crippen molar-refractivity contribution in [2.45, 2.75) is 32.1 Å². The zero-order chi connectivity index (χ0) is 16.5. The van der Waals surface area contributed by atoms with E-state index in [9.17, 15) is 4.79 Å². The molecule has 4 heterocycles. The van der Waals surface area contributed by atoms with Crippen LogP contribution in [0, 0.1) is 12.8 Å². The number of carbonyl (C=O) groups is 1. The number of amides is 1. The number of furan rings is 1. The van der Waals surface area contributed by atoms with Crippen molar-refractivity contribution in [2.24, 2.45) is 5.92 Å². The fraction of sp³-hybridized carbons (Fsp3) is 0.444. The summed E-state index contributed by atoms with van der Waals surface area (Å²) in [6.07, 6.45) is 4.17. The Balaban J connectivity index is 1.39. The second kappa shape index (κ2) is 6.37. The van der Waals surface area contributed by atoms with Crippen molar-refractivity contribution < 1.29 is 13.9 Å². The summed E-state index contributed by atoms with van der Waals surface area (Å²) in [4.78, 5) is 18.9. The zero-order valence-corrected chi connectivity index (χ0v) is 13.6. The summed E-state index contributed by atoms with van der Waals surface area (Å²) in [5, 5.41) is 2.95. The summed E-state index contributed by atoms with van der Waals surface area (Å²) in [7, 11) is 0. The van der Waals surface area contributed by atoms with Gasteiger partial charge in [-0.3, -0.25) is 14.7 Å². The van der Waals surface area contributed by atoms with Crippen LogP contribution >= 0.6 is 0 Å². The maximum Gasteiger partial charge on any atom is 0.230 e. The lowest BCUT2D eigenvalue weighted by Crippen LogP contribution is -2.44. The molecule has 3 unspecified atom stereocenters. The van der Waals surface area contributed by atoms with Crippen LogP contribution < -0.4 is 5.32 Å². The first kappa shape index (κ1) is 15.4. The van der Waals surface area contributed by atoms with Crippen LogP contribution in [-0.2, 0) is 16.1 Å². The predicted molar refractivity (Wildman–Crippen MR) is 88.4 cm³/mol. The Morgan fingerprint density at radius 3 is 3.04 bits per heavy atom. The summed E-state index contributed by atoms with van der Waals surface area (Å²) < 4.78 is 11.7. The second-order valence-corrected chi connectivity index (χ2v) is 6.58. The van der Waals surface area contributed by atoms with Crippen molar-refractivity contribution in [2.75, 3.05) is 18.4 Å². The number of hydrogen-bond donors (Lipinski definition) is 1. The molecular formula is C18H21N3O3. The molecule has 126 valence electrons. The first-order chi connectivity index (χ1) is 11.7. The number of morpholine rings is 1. The van der Waals surface area contributed by atoms with Gasteiger partial charge in [-0.2, -0.15) is 0 Å². The molecule has 2 fully saturated rings. The highest BCUT2D eigenvalue weighted by atomic mass is 16.5. The van der Waals surface area contributed by atoms with Crippen LogP contribution in [0.3, 0.4) is 0 Å². The monoisotopic (exact) mass is 327 g/mol. The molecule has 3 atom stereocenters. The van der Waals surface area contributed by atoms with Crippen molar-refractivity contribution in [3.8, 4) is 0 Å². The third-order valence-electron chi connectivity index (χ3n) is 4.67. The Kier molecular flexibility index (Phi) is 4.08. The van der Waals surface area contributed by atoms with Crippen LogP contribution in [0.5, 0.6) is 0 Å². The molecular weight excluding hydrogens is 306 g/mol. The Hall–Kier alpha value is -2.18. The summed E-state index contributed by atoms with van der Waals surface area (Å²) in [6.45, 7) is 4.31. The van der Waals surface area contributed by atoms with Crippen molar-refractivity contribution in [3.05, 3.63) is 48.2 Å². The van der Waals surface area contributed by atoms with E-state index in [1.807, 2.05) is 31.2 Å². The third kappa shape index (κ3) is 3.20. The molecule has 1 N–H and O–H groups in total. The van der Waals surface area contributed by atoms with E-state index in [-0.39, 0.29) is 24.0 Å². The summed E-state index contributed by atoms with van der Waals surface area (Å²) in [5.74, 6) is 1.80. The molecule has 2 aromatic rings. The van der Waals surface area contributed by atoms with Gasteiger partial charge in [-0.1, -0.05) is 0 Å². The van der Waals surface area contributed by atoms with Gasteiger partial charge in [0.15, 0.2) is 0 Å². The lowest BCUT2D eigenvalue weighted by atomic mass is 9.99. The predicted octanol–water partition coefficient (Wildman–Crippen LogP) is 2.21. The molecule has 0 aromatic carbocycles. The molecule has 2 aliphatic rings. The van der Waals surface area contributed by atoms with Crippen LogP contribution in [0.2, 0.25) is 0 Å². The number of carbonyl (C=O) groups excluding carboxylic acids is 1. The number of nitrogens with zero attached hydrogens (tertiary/aromatic N) is 2. The van der Waals surface area contributed by atoms with Crippen molar-refractivity contribution in [3.63, 3.8) is 0 Å². The number of likely N-dealkylation sites (tertiary alicyclic amines) is 1. The maximum absolute atomic E-state index is 12.6. The van der Waals surface area contributed by atoms with Crippen molar-refractivity contribution >= 4 is 11.6 Å². The van der Waals surface area contributed by atoms with E-state index in [1.165, 1.54) is 0 Å². The van der Waals surface area contributed by atoms with E-state index in [4.69, 9.17) is 9.15 Å². The van der Waals surface area contributed by atoms with E-state index >= 15 is 0 Å². The van der Waals surface area contributed by atoms with Gasteiger partial charge in [0.25, 0.3) is 0 Å². The minimum atomic E-state index is -0.112. The number of anilines is 1. The van der Waals surface area contributed by atoms with Gasteiger partial charge in [-0.25, -0.2) is 0 Å². The molecule has 4 rings (SSSR count). The molecule has 2 saturated heterocycles. The molecule has 0 radical (unpaired) electrons. The zero-order valence-electron chi connectivity index (χ0n) is 13.6. The average Bonchev–Trinajstić information content (AvgIpc) is 3.11. The van der Waals surface area contributed by atoms with Gasteiger partial charge in [0.05, 0.1) is 36.6 Å². The average molecular weight is 327 g/mol. The van der Waals surface area contributed by atoms with E-state index in [0.717, 1.165) is 43.3 Å². The molecule has 2 bridgehead atoms. The van der Waals surface area contributed by atoms with Crippen LogP contribution in [0.1, 0.15) is 17.9 Å². The van der Waals surface area contributed by atoms with Gasteiger partial charge in [-0.05, 0) is 37.6 Å². The first-order valence-electron chi connectivity index (χ1n) is 8.31. The lowest BCUT2D eigenvalue weighted by molar-refractivity contribution is -0.123. The van der Waals surface area contributed by atoms with Gasteiger partial charge in [0, 0.05) is 19.3 Å². The number of ether oxygens (including phenoxy) is 1. The third-order valence-corrected chi connectivity index (χ3v) is 4.67. The molecule has 2 aliphatic heterocycles. The number of hydrogen-bond acceptors (Lipinski definition) is 5. The van der Waals surface area contributed by atoms with Crippen LogP contribution in [0.4, 0.5) is 5.69 Å². The highest BCUT2D eigenvalue weighted by Crippen LogP contribution is 2.33. The standard InChI is InChI=1S/C18H21N3O3/c1-12-4-5-14(23-12)9-21-10-15-7-16(17(11-21)24-15)18(22)20-13-3-2-6-19-8-13/h2-6,8,15-17H,7,9-11H2,1H3,(H,20,22). The highest BCUT2D eigenvalue weighted by Gasteiger charge is 2.44. The fourth-order valence-electron chi connectivity index (χ4n) is 3.60. The molecule has 24 heavy (non-hydrogen) atoms. The first-order valence-corrected chi connectivity index (χ1v) is 8.31. The Morgan fingerprint density at radius 2 is 2.29 bits per heavy atom. The molecule has 0 aliphatic carbocycles. The summed E-state index contributed by atoms with van der Waals surface area (Å²) in [5.41, 5.74) is 0.729. The van der Waals surface area contributed by atoms with Crippen LogP contribution in [0.15, 0.2) is 41.1 Å². The van der Waals surface area contributed by atoms with Gasteiger partial charge < -0.3 is 14.5 Å². The second-order valence-electron chi connectivity index (χ2n) is 6.58. The van der Waals surface area contributed by atoms with E-state index in [1.54, 1.807) is 12.4 Å². The Bertz CT molecular complexity index is 715. The van der Waals surface area contributed by atoms with Gasteiger partial charge in [0.2, 0.25) is 5.91 Å². The van der Waals surface area contributed by atoms with E-state index < -0.39 is 0 Å². The normalized spacial score (nSPS) is 26.5. The molecule has 6 nitrogen and oxygen atoms in total. The minimum absolute atomic E-state index is 0.0196. The number of aromatic nitrogens is 1. The maximum atomic E-state index is 12.6. The summed E-state index contributed by atoms with van der Waals surface area (Å²) >= 11 is 0. The Labute approximate surface area is 140 Å². The molecule has 2 aromatic heterocycles. The number of nitrogens with one attached hydrogen (secondary N) is 1. The quantitative estimate of drug-likeness (QED) is 0.932. The van der Waals surface area contributed by atoms with Crippen molar-refractivity contribution in [1.82, 2.24) is 9.88 Å². The molecule has 0 saturated carbocycles. The lowest BCUT2D eigenvalue weighted by Gasteiger charge is -2.32. The van der Waals surface area contributed by atoms with Gasteiger partial charge in [0.1, 0.15) is 11.5 Å². The fourth-order valence-corrected chi connectivity index (χ4v) is 3.60. The molecule has 0 spiro atoms. The minimum Gasteiger partial charge on any atom is -0.465 e.